The third kappa shape index (κ3) is 3.86. The van der Waals surface area contributed by atoms with E-state index in [9.17, 15) is 4.79 Å². The van der Waals surface area contributed by atoms with Crippen LogP contribution in [-0.2, 0) is 0 Å². The highest BCUT2D eigenvalue weighted by Gasteiger charge is 2.29. The molecule has 0 amide bonds. The van der Waals surface area contributed by atoms with E-state index in [1.165, 1.54) is 21.3 Å². The molecule has 0 aromatic heterocycles. The summed E-state index contributed by atoms with van der Waals surface area (Å²) in [6.07, 6.45) is 1.00. The Balaban J connectivity index is 1.87. The normalized spacial score (nSPS) is 17.1. The number of ether oxygens (including phenoxy) is 4. The zero-order chi connectivity index (χ0) is 20.5. The van der Waals surface area contributed by atoms with Crippen LogP contribution in [0.2, 0.25) is 0 Å². The highest BCUT2D eigenvalue weighted by Crippen LogP contribution is 2.41. The van der Waals surface area contributed by atoms with Gasteiger partial charge in [0.15, 0.2) is 11.5 Å². The lowest BCUT2D eigenvalue weighted by molar-refractivity contribution is 0.0733. The van der Waals surface area contributed by atoms with E-state index < -0.39 is 5.97 Å². The van der Waals surface area contributed by atoms with Gasteiger partial charge in [-0.1, -0.05) is 6.92 Å². The van der Waals surface area contributed by atoms with Crippen LogP contribution in [0.15, 0.2) is 30.3 Å². The summed E-state index contributed by atoms with van der Waals surface area (Å²) in [5, 5.41) is 3.53. The van der Waals surface area contributed by atoms with Gasteiger partial charge in [-0.15, -0.1) is 0 Å². The van der Waals surface area contributed by atoms with E-state index in [-0.39, 0.29) is 5.54 Å². The quantitative estimate of drug-likeness (QED) is 0.598. The van der Waals surface area contributed by atoms with Crippen LogP contribution in [0.5, 0.6) is 23.0 Å². The summed E-state index contributed by atoms with van der Waals surface area (Å²) < 4.78 is 21.5. The summed E-state index contributed by atoms with van der Waals surface area (Å²) >= 11 is 0. The smallest absolute Gasteiger partial charge is 0.343 e. The first-order valence-corrected chi connectivity index (χ1v) is 9.22. The van der Waals surface area contributed by atoms with Crippen LogP contribution in [0.3, 0.4) is 0 Å². The summed E-state index contributed by atoms with van der Waals surface area (Å²) in [5.41, 5.74) is 2.59. The molecule has 3 rings (SSSR count). The Hall–Kier alpha value is -2.89. The van der Waals surface area contributed by atoms with Gasteiger partial charge in [0.2, 0.25) is 5.75 Å². The van der Waals surface area contributed by atoms with Crippen molar-refractivity contribution < 1.29 is 23.7 Å². The van der Waals surface area contributed by atoms with Gasteiger partial charge < -0.3 is 24.3 Å². The van der Waals surface area contributed by atoms with E-state index in [1.807, 2.05) is 12.1 Å². The van der Waals surface area contributed by atoms with E-state index in [0.717, 1.165) is 17.7 Å². The monoisotopic (exact) mass is 385 g/mol. The van der Waals surface area contributed by atoms with Gasteiger partial charge in [-0.3, -0.25) is 0 Å². The number of hydrogen-bond donors (Lipinski definition) is 1. The molecule has 1 heterocycles. The van der Waals surface area contributed by atoms with Gasteiger partial charge in [0, 0.05) is 11.2 Å². The lowest BCUT2D eigenvalue weighted by Crippen LogP contribution is -2.36. The molecule has 0 unspecified atom stereocenters. The Bertz CT molecular complexity index is 865. The molecule has 0 aliphatic carbocycles. The van der Waals surface area contributed by atoms with E-state index in [2.05, 4.69) is 26.1 Å². The van der Waals surface area contributed by atoms with Gasteiger partial charge in [-0.05, 0) is 62.1 Å². The van der Waals surface area contributed by atoms with Gasteiger partial charge in [0.25, 0.3) is 0 Å². The van der Waals surface area contributed by atoms with Crippen LogP contribution >= 0.6 is 0 Å². The summed E-state index contributed by atoms with van der Waals surface area (Å²) in [7, 11) is 4.53. The zero-order valence-corrected chi connectivity index (χ0v) is 17.2. The van der Waals surface area contributed by atoms with Crippen molar-refractivity contribution in [2.24, 2.45) is 0 Å². The van der Waals surface area contributed by atoms with Crippen molar-refractivity contribution in [3.05, 3.63) is 41.5 Å². The molecule has 6 heteroatoms. The van der Waals surface area contributed by atoms with Crippen LogP contribution in [0.1, 0.15) is 49.0 Å². The SMILES string of the molecule is COc1cc(C(=O)Oc2ccc3c(c2)[C@H](C)CC(C)(C)N3)cc(OC)c1OC. The molecule has 0 saturated heterocycles. The molecule has 6 nitrogen and oxygen atoms in total. The zero-order valence-electron chi connectivity index (χ0n) is 17.2. The van der Waals surface area contributed by atoms with E-state index in [1.54, 1.807) is 18.2 Å². The summed E-state index contributed by atoms with van der Waals surface area (Å²) in [4.78, 5) is 12.7. The van der Waals surface area contributed by atoms with Crippen molar-refractivity contribution >= 4 is 11.7 Å². The number of esters is 1. The molecule has 28 heavy (non-hydrogen) atoms. The maximum absolute atomic E-state index is 12.7. The highest BCUT2D eigenvalue weighted by molar-refractivity contribution is 5.92. The van der Waals surface area contributed by atoms with Crippen molar-refractivity contribution in [2.45, 2.75) is 38.6 Å². The Morgan fingerprint density at radius 1 is 1.04 bits per heavy atom. The predicted molar refractivity (Wildman–Crippen MR) is 108 cm³/mol. The predicted octanol–water partition coefficient (Wildman–Crippen LogP) is 4.63. The molecule has 1 aliphatic heterocycles. The van der Waals surface area contributed by atoms with Crippen LogP contribution < -0.4 is 24.3 Å². The third-order valence-corrected chi connectivity index (χ3v) is 4.95. The third-order valence-electron chi connectivity index (χ3n) is 4.95. The van der Waals surface area contributed by atoms with Crippen LogP contribution in [0, 0.1) is 0 Å². The second-order valence-electron chi connectivity index (χ2n) is 7.67. The van der Waals surface area contributed by atoms with Gasteiger partial charge in [-0.2, -0.15) is 0 Å². The van der Waals surface area contributed by atoms with E-state index in [0.29, 0.717) is 34.5 Å². The molecular weight excluding hydrogens is 358 g/mol. The molecule has 2 aromatic carbocycles. The lowest BCUT2D eigenvalue weighted by Gasteiger charge is -2.37. The minimum Gasteiger partial charge on any atom is -0.493 e. The second kappa shape index (κ2) is 7.62. The minimum absolute atomic E-state index is 0.0425. The summed E-state index contributed by atoms with van der Waals surface area (Å²) in [6.45, 7) is 6.56. The van der Waals surface area contributed by atoms with Crippen molar-refractivity contribution in [3.8, 4) is 23.0 Å². The first-order valence-electron chi connectivity index (χ1n) is 9.22. The van der Waals surface area contributed by atoms with Gasteiger partial charge in [0.1, 0.15) is 5.75 Å². The van der Waals surface area contributed by atoms with Crippen molar-refractivity contribution in [3.63, 3.8) is 0 Å². The Labute approximate surface area is 165 Å². The Kier molecular flexibility index (Phi) is 5.40. The molecule has 0 saturated carbocycles. The standard InChI is InChI=1S/C22H27NO5/c1-13-12-22(2,3)23-17-8-7-15(11-16(13)17)28-21(24)14-9-18(25-4)20(27-6)19(10-14)26-5/h7-11,13,23H,12H2,1-6H3/t13-/m1/s1. The number of hydrogen-bond acceptors (Lipinski definition) is 6. The number of rotatable bonds is 5. The fourth-order valence-electron chi connectivity index (χ4n) is 3.78. The van der Waals surface area contributed by atoms with Gasteiger partial charge in [0.05, 0.1) is 26.9 Å². The van der Waals surface area contributed by atoms with Gasteiger partial charge in [-0.25, -0.2) is 4.79 Å². The molecular formula is C22H27NO5. The number of methoxy groups -OCH3 is 3. The molecule has 0 spiro atoms. The molecule has 1 atom stereocenters. The lowest BCUT2D eigenvalue weighted by atomic mass is 9.82. The van der Waals surface area contributed by atoms with Crippen LogP contribution in [-0.4, -0.2) is 32.8 Å². The topological polar surface area (TPSA) is 66.0 Å². The van der Waals surface area contributed by atoms with Crippen molar-refractivity contribution in [1.82, 2.24) is 0 Å². The molecule has 150 valence electrons. The average molecular weight is 385 g/mol. The highest BCUT2D eigenvalue weighted by atomic mass is 16.5. The first-order chi connectivity index (χ1) is 13.3. The Morgan fingerprint density at radius 3 is 2.25 bits per heavy atom. The van der Waals surface area contributed by atoms with Gasteiger partial charge >= 0.3 is 5.97 Å². The molecule has 2 aromatic rings. The van der Waals surface area contributed by atoms with Crippen molar-refractivity contribution in [1.29, 1.82) is 0 Å². The fourth-order valence-corrected chi connectivity index (χ4v) is 3.78. The molecule has 1 aliphatic rings. The molecule has 0 bridgehead atoms. The van der Waals surface area contributed by atoms with Crippen LogP contribution in [0.25, 0.3) is 0 Å². The largest absolute Gasteiger partial charge is 0.493 e. The molecule has 0 fully saturated rings. The number of benzene rings is 2. The second-order valence-corrected chi connectivity index (χ2v) is 7.67. The Morgan fingerprint density at radius 2 is 1.68 bits per heavy atom. The number of anilines is 1. The van der Waals surface area contributed by atoms with E-state index in [4.69, 9.17) is 18.9 Å². The maximum Gasteiger partial charge on any atom is 0.343 e. The minimum atomic E-state index is -0.490. The van der Waals surface area contributed by atoms with E-state index >= 15 is 0 Å². The number of fused-ring (bicyclic) bond motifs is 1. The first kappa shape index (κ1) is 19.9. The van der Waals surface area contributed by atoms with Crippen molar-refractivity contribution in [2.75, 3.05) is 26.6 Å². The number of nitrogens with one attached hydrogen (secondary N) is 1. The summed E-state index contributed by atoms with van der Waals surface area (Å²) in [6, 6.07) is 8.85. The number of carbonyl (C=O) groups excluding carboxylic acids is 1. The van der Waals surface area contributed by atoms with Crippen LogP contribution in [0.4, 0.5) is 5.69 Å². The molecule has 1 N–H and O–H groups in total. The maximum atomic E-state index is 12.7. The summed E-state index contributed by atoms with van der Waals surface area (Å²) in [5.74, 6) is 1.62. The molecule has 0 radical (unpaired) electrons. The fraction of sp³-hybridized carbons (Fsp3) is 0.409. The average Bonchev–Trinajstić information content (AvgIpc) is 2.66. The number of carbonyl (C=O) groups is 1.